The third-order valence-electron chi connectivity index (χ3n) is 2.85. The number of hydrogen-bond donors (Lipinski definition) is 2. The van der Waals surface area contributed by atoms with Gasteiger partial charge in [0, 0.05) is 6.54 Å². The minimum atomic E-state index is -0.552. The molecule has 1 fully saturated rings. The maximum absolute atomic E-state index is 10.1. The van der Waals surface area contributed by atoms with E-state index in [4.69, 9.17) is 11.6 Å². The minimum absolute atomic E-state index is 0.471. The van der Waals surface area contributed by atoms with Crippen molar-refractivity contribution in [2.24, 2.45) is 0 Å². The molecule has 0 radical (unpaired) electrons. The highest BCUT2D eigenvalue weighted by Crippen LogP contribution is 2.29. The van der Waals surface area contributed by atoms with E-state index in [1.807, 2.05) is 12.1 Å². The highest BCUT2D eigenvalue weighted by Gasteiger charge is 2.30. The normalized spacial score (nSPS) is 19.1. The van der Waals surface area contributed by atoms with Gasteiger partial charge >= 0.3 is 0 Å². The second kappa shape index (κ2) is 4.37. The third kappa shape index (κ3) is 2.83. The maximum atomic E-state index is 10.1. The fourth-order valence-electron chi connectivity index (χ4n) is 1.97. The van der Waals surface area contributed by atoms with Crippen molar-refractivity contribution in [3.05, 3.63) is 23.4 Å². The molecule has 0 atom stereocenters. The second-order valence-corrected chi connectivity index (χ2v) is 4.52. The zero-order valence-electron chi connectivity index (χ0n) is 8.54. The van der Waals surface area contributed by atoms with E-state index in [-0.39, 0.29) is 0 Å². The van der Waals surface area contributed by atoms with Crippen LogP contribution in [0.4, 0.5) is 5.82 Å². The van der Waals surface area contributed by atoms with E-state index in [1.54, 1.807) is 6.07 Å². The van der Waals surface area contributed by atoms with Crippen LogP contribution in [0.15, 0.2) is 18.2 Å². The first-order valence-electron chi connectivity index (χ1n) is 5.27. The summed E-state index contributed by atoms with van der Waals surface area (Å²) in [5.74, 6) is 0.725. The molecule has 0 unspecified atom stereocenters. The Morgan fingerprint density at radius 2 is 2.13 bits per heavy atom. The van der Waals surface area contributed by atoms with E-state index in [9.17, 15) is 5.11 Å². The molecule has 0 aromatic carbocycles. The number of aromatic nitrogens is 1. The Morgan fingerprint density at radius 3 is 2.80 bits per heavy atom. The Hall–Kier alpha value is -0.800. The van der Waals surface area contributed by atoms with E-state index < -0.39 is 5.60 Å². The lowest BCUT2D eigenvalue weighted by molar-refractivity contribution is 0.0614. The van der Waals surface area contributed by atoms with Crippen LogP contribution in [0.3, 0.4) is 0 Å². The Balaban J connectivity index is 1.92. The highest BCUT2D eigenvalue weighted by molar-refractivity contribution is 6.29. The molecule has 1 saturated carbocycles. The van der Waals surface area contributed by atoms with Crippen LogP contribution < -0.4 is 5.32 Å². The van der Waals surface area contributed by atoms with Crippen LogP contribution in [0.1, 0.15) is 25.7 Å². The number of halogens is 1. The van der Waals surface area contributed by atoms with Gasteiger partial charge in [-0.3, -0.25) is 0 Å². The molecular formula is C11H15ClN2O. The van der Waals surface area contributed by atoms with Crippen LogP contribution in [0.5, 0.6) is 0 Å². The van der Waals surface area contributed by atoms with Crippen LogP contribution in [0.2, 0.25) is 5.15 Å². The fourth-order valence-corrected chi connectivity index (χ4v) is 2.14. The Labute approximate surface area is 94.5 Å². The van der Waals surface area contributed by atoms with Gasteiger partial charge in [-0.1, -0.05) is 30.5 Å². The van der Waals surface area contributed by atoms with E-state index >= 15 is 0 Å². The summed E-state index contributed by atoms with van der Waals surface area (Å²) in [6.45, 7) is 0.556. The summed E-state index contributed by atoms with van der Waals surface area (Å²) in [4.78, 5) is 4.11. The molecule has 0 saturated heterocycles. The summed E-state index contributed by atoms with van der Waals surface area (Å²) in [5.41, 5.74) is -0.552. The molecule has 4 heteroatoms. The van der Waals surface area contributed by atoms with Gasteiger partial charge in [-0.25, -0.2) is 4.98 Å². The smallest absolute Gasteiger partial charge is 0.131 e. The van der Waals surface area contributed by atoms with Crippen LogP contribution in [0, 0.1) is 0 Å². The van der Waals surface area contributed by atoms with E-state index in [1.165, 1.54) is 0 Å². The Bertz CT molecular complexity index is 337. The molecule has 1 aromatic rings. The minimum Gasteiger partial charge on any atom is -0.388 e. The number of aliphatic hydroxyl groups is 1. The van der Waals surface area contributed by atoms with Gasteiger partial charge in [0.25, 0.3) is 0 Å². The first-order chi connectivity index (χ1) is 7.18. The first-order valence-corrected chi connectivity index (χ1v) is 5.65. The quantitative estimate of drug-likeness (QED) is 0.779. The van der Waals surface area contributed by atoms with Gasteiger partial charge in [-0.05, 0) is 25.0 Å². The molecule has 82 valence electrons. The molecule has 1 aliphatic carbocycles. The molecule has 2 N–H and O–H groups in total. The summed E-state index contributed by atoms with van der Waals surface area (Å²) in [5, 5.41) is 13.7. The van der Waals surface area contributed by atoms with Crippen molar-refractivity contribution >= 4 is 17.4 Å². The topological polar surface area (TPSA) is 45.1 Å². The summed E-state index contributed by atoms with van der Waals surface area (Å²) in [6.07, 6.45) is 3.98. The van der Waals surface area contributed by atoms with Gasteiger partial charge in [0.1, 0.15) is 11.0 Å². The third-order valence-corrected chi connectivity index (χ3v) is 3.06. The summed E-state index contributed by atoms with van der Waals surface area (Å²) in [7, 11) is 0. The largest absolute Gasteiger partial charge is 0.388 e. The second-order valence-electron chi connectivity index (χ2n) is 4.13. The van der Waals surface area contributed by atoms with Crippen LogP contribution in [0.25, 0.3) is 0 Å². The van der Waals surface area contributed by atoms with E-state index in [0.29, 0.717) is 11.7 Å². The lowest BCUT2D eigenvalue weighted by Gasteiger charge is -2.22. The van der Waals surface area contributed by atoms with Crippen molar-refractivity contribution in [3.8, 4) is 0 Å². The van der Waals surface area contributed by atoms with Crippen molar-refractivity contribution in [1.29, 1.82) is 0 Å². The Kier molecular flexibility index (Phi) is 3.12. The van der Waals surface area contributed by atoms with Crippen molar-refractivity contribution in [2.75, 3.05) is 11.9 Å². The highest BCUT2D eigenvalue weighted by atomic mass is 35.5. The zero-order chi connectivity index (χ0) is 10.7. The molecule has 0 amide bonds. The lowest BCUT2D eigenvalue weighted by Crippen LogP contribution is -2.33. The van der Waals surface area contributed by atoms with E-state index in [2.05, 4.69) is 10.3 Å². The standard InChI is InChI=1S/C11H15ClN2O/c12-9-4-3-5-10(14-9)13-8-11(15)6-1-2-7-11/h3-5,15H,1-2,6-8H2,(H,13,14). The van der Waals surface area contributed by atoms with Crippen LogP contribution in [-0.2, 0) is 0 Å². The summed E-state index contributed by atoms with van der Waals surface area (Å²) >= 11 is 5.76. The van der Waals surface area contributed by atoms with Gasteiger partial charge in [-0.15, -0.1) is 0 Å². The van der Waals surface area contributed by atoms with E-state index in [0.717, 1.165) is 31.5 Å². The number of rotatable bonds is 3. The van der Waals surface area contributed by atoms with Crippen molar-refractivity contribution < 1.29 is 5.11 Å². The van der Waals surface area contributed by atoms with Gasteiger partial charge in [-0.2, -0.15) is 0 Å². The van der Waals surface area contributed by atoms with Crippen LogP contribution in [-0.4, -0.2) is 22.2 Å². The van der Waals surface area contributed by atoms with Gasteiger partial charge in [0.15, 0.2) is 0 Å². The Morgan fingerprint density at radius 1 is 1.40 bits per heavy atom. The summed E-state index contributed by atoms with van der Waals surface area (Å²) in [6, 6.07) is 5.43. The monoisotopic (exact) mass is 226 g/mol. The molecule has 0 spiro atoms. The SMILES string of the molecule is OC1(CNc2cccc(Cl)n2)CCCC1. The number of nitrogens with zero attached hydrogens (tertiary/aromatic N) is 1. The molecule has 0 aliphatic heterocycles. The van der Waals surface area contributed by atoms with Crippen molar-refractivity contribution in [1.82, 2.24) is 4.98 Å². The number of hydrogen-bond acceptors (Lipinski definition) is 3. The molecule has 0 bridgehead atoms. The maximum Gasteiger partial charge on any atom is 0.131 e. The predicted molar refractivity (Wildman–Crippen MR) is 61.2 cm³/mol. The summed E-state index contributed by atoms with van der Waals surface area (Å²) < 4.78 is 0. The van der Waals surface area contributed by atoms with Gasteiger partial charge in [0.2, 0.25) is 0 Å². The van der Waals surface area contributed by atoms with Crippen molar-refractivity contribution in [2.45, 2.75) is 31.3 Å². The van der Waals surface area contributed by atoms with Gasteiger partial charge in [0.05, 0.1) is 5.60 Å². The lowest BCUT2D eigenvalue weighted by atomic mass is 10.0. The van der Waals surface area contributed by atoms with Gasteiger partial charge < -0.3 is 10.4 Å². The zero-order valence-corrected chi connectivity index (χ0v) is 9.30. The average molecular weight is 227 g/mol. The molecule has 1 heterocycles. The average Bonchev–Trinajstić information content (AvgIpc) is 2.63. The molecular weight excluding hydrogens is 212 g/mol. The first kappa shape index (κ1) is 10.7. The van der Waals surface area contributed by atoms with Crippen LogP contribution >= 0.6 is 11.6 Å². The molecule has 1 aromatic heterocycles. The molecule has 3 nitrogen and oxygen atoms in total. The molecule has 1 aliphatic rings. The number of pyridine rings is 1. The predicted octanol–water partition coefficient (Wildman–Crippen LogP) is 2.45. The fraction of sp³-hybridized carbons (Fsp3) is 0.545. The molecule has 2 rings (SSSR count). The van der Waals surface area contributed by atoms with Crippen molar-refractivity contribution in [3.63, 3.8) is 0 Å². The number of anilines is 1. The molecule has 15 heavy (non-hydrogen) atoms. The number of nitrogens with one attached hydrogen (secondary N) is 1.